The van der Waals surface area contributed by atoms with Crippen molar-refractivity contribution in [2.45, 2.75) is 33.6 Å². The van der Waals surface area contributed by atoms with Gasteiger partial charge in [-0.05, 0) is 44.5 Å². The molecule has 0 saturated heterocycles. The molecule has 1 aromatic heterocycles. The first-order chi connectivity index (χ1) is 12.9. The van der Waals surface area contributed by atoms with Crippen LogP contribution in [0.2, 0.25) is 5.02 Å². The van der Waals surface area contributed by atoms with E-state index in [2.05, 4.69) is 17.2 Å². The van der Waals surface area contributed by atoms with Crippen molar-refractivity contribution in [3.63, 3.8) is 0 Å². The molecule has 2 aromatic rings. The van der Waals surface area contributed by atoms with Gasteiger partial charge in [-0.1, -0.05) is 24.9 Å². The normalized spacial score (nSPS) is 10.3. The molecule has 0 radical (unpaired) electrons. The van der Waals surface area contributed by atoms with Crippen molar-refractivity contribution in [1.82, 2.24) is 4.98 Å². The Hall–Kier alpha value is -2.85. The Kier molecular flexibility index (Phi) is 6.97. The van der Waals surface area contributed by atoms with Crippen LogP contribution in [0.15, 0.2) is 24.3 Å². The maximum atomic E-state index is 11.8. The molecule has 2 rings (SSSR count). The fourth-order valence-corrected chi connectivity index (χ4v) is 3.00. The molecule has 0 saturated carbocycles. The van der Waals surface area contributed by atoms with Gasteiger partial charge in [0.1, 0.15) is 5.69 Å². The van der Waals surface area contributed by atoms with Crippen LogP contribution in [-0.2, 0) is 0 Å². The minimum atomic E-state index is -0.420. The van der Waals surface area contributed by atoms with Gasteiger partial charge in [0, 0.05) is 18.8 Å². The van der Waals surface area contributed by atoms with Gasteiger partial charge in [-0.2, -0.15) is 5.26 Å². The van der Waals surface area contributed by atoms with E-state index < -0.39 is 4.92 Å². The number of aryl methyl sites for hydroxylation is 1. The second-order valence-electron chi connectivity index (χ2n) is 6.10. The molecule has 27 heavy (non-hydrogen) atoms. The molecule has 0 aliphatic rings. The summed E-state index contributed by atoms with van der Waals surface area (Å²) >= 11 is 6.21. The van der Waals surface area contributed by atoms with Gasteiger partial charge in [-0.3, -0.25) is 10.1 Å². The number of pyridine rings is 1. The van der Waals surface area contributed by atoms with Crippen molar-refractivity contribution in [3.8, 4) is 6.07 Å². The quantitative estimate of drug-likeness (QED) is 0.494. The number of anilines is 3. The van der Waals surface area contributed by atoms with E-state index in [9.17, 15) is 10.1 Å². The summed E-state index contributed by atoms with van der Waals surface area (Å²) in [7, 11) is 0. The van der Waals surface area contributed by atoms with Gasteiger partial charge in [-0.15, -0.1) is 0 Å². The van der Waals surface area contributed by atoms with Gasteiger partial charge in [0.2, 0.25) is 5.82 Å². The number of hydrogen-bond donors (Lipinski definition) is 1. The zero-order chi connectivity index (χ0) is 20.0. The van der Waals surface area contributed by atoms with Gasteiger partial charge in [-0.25, -0.2) is 4.98 Å². The van der Waals surface area contributed by atoms with Crippen molar-refractivity contribution in [2.75, 3.05) is 23.3 Å². The first-order valence-electron chi connectivity index (χ1n) is 8.78. The SMILES string of the molecule is CCCCN(CC)c1cc(C)nc(Nc2ccc(C#N)cc2Cl)c1[N+](=O)[O-]. The number of rotatable bonds is 8. The number of nitriles is 1. The lowest BCUT2D eigenvalue weighted by molar-refractivity contribution is -0.383. The Morgan fingerprint density at radius 2 is 2.11 bits per heavy atom. The predicted molar refractivity (Wildman–Crippen MR) is 108 cm³/mol. The lowest BCUT2D eigenvalue weighted by Crippen LogP contribution is -2.25. The summed E-state index contributed by atoms with van der Waals surface area (Å²) in [5, 5.41) is 24.1. The minimum absolute atomic E-state index is 0.0843. The molecule has 0 spiro atoms. The fraction of sp³-hybridized carbons (Fsp3) is 0.368. The molecule has 0 amide bonds. The third-order valence-corrected chi connectivity index (χ3v) is 4.45. The van der Waals surface area contributed by atoms with E-state index in [0.29, 0.717) is 34.2 Å². The average molecular weight is 388 g/mol. The van der Waals surface area contributed by atoms with Crippen molar-refractivity contribution < 1.29 is 4.92 Å². The highest BCUT2D eigenvalue weighted by atomic mass is 35.5. The van der Waals surface area contributed by atoms with Crippen molar-refractivity contribution in [1.29, 1.82) is 5.26 Å². The molecular formula is C19H22ClN5O2. The lowest BCUT2D eigenvalue weighted by atomic mass is 10.2. The van der Waals surface area contributed by atoms with Gasteiger partial charge in [0.15, 0.2) is 0 Å². The van der Waals surface area contributed by atoms with E-state index in [4.69, 9.17) is 16.9 Å². The number of nitro groups is 1. The molecule has 1 heterocycles. The van der Waals surface area contributed by atoms with Gasteiger partial charge >= 0.3 is 5.69 Å². The third kappa shape index (κ3) is 4.86. The highest BCUT2D eigenvalue weighted by Crippen LogP contribution is 2.38. The summed E-state index contributed by atoms with van der Waals surface area (Å²) < 4.78 is 0. The van der Waals surface area contributed by atoms with E-state index in [1.165, 1.54) is 6.07 Å². The number of nitrogens with zero attached hydrogens (tertiary/aromatic N) is 4. The monoisotopic (exact) mass is 387 g/mol. The minimum Gasteiger partial charge on any atom is -0.366 e. The molecule has 142 valence electrons. The second kappa shape index (κ2) is 9.19. The molecule has 1 aromatic carbocycles. The van der Waals surface area contributed by atoms with Crippen molar-refractivity contribution in [2.24, 2.45) is 0 Å². The molecular weight excluding hydrogens is 366 g/mol. The van der Waals surface area contributed by atoms with E-state index in [-0.39, 0.29) is 11.5 Å². The van der Waals surface area contributed by atoms with Crippen molar-refractivity contribution >= 4 is 34.5 Å². The summed E-state index contributed by atoms with van der Waals surface area (Å²) in [6.45, 7) is 7.24. The molecule has 8 heteroatoms. The summed E-state index contributed by atoms with van der Waals surface area (Å²) in [4.78, 5) is 17.7. The van der Waals surface area contributed by atoms with E-state index >= 15 is 0 Å². The van der Waals surface area contributed by atoms with Crippen LogP contribution in [0.4, 0.5) is 22.9 Å². The highest BCUT2D eigenvalue weighted by Gasteiger charge is 2.26. The maximum absolute atomic E-state index is 11.8. The number of benzene rings is 1. The summed E-state index contributed by atoms with van der Waals surface area (Å²) in [6.07, 6.45) is 1.94. The Balaban J connectivity index is 2.53. The zero-order valence-corrected chi connectivity index (χ0v) is 16.4. The summed E-state index contributed by atoms with van der Waals surface area (Å²) in [6, 6.07) is 8.46. The van der Waals surface area contributed by atoms with Gasteiger partial charge < -0.3 is 10.2 Å². The summed E-state index contributed by atoms with van der Waals surface area (Å²) in [5.41, 5.74) is 1.99. The van der Waals surface area contributed by atoms with Crippen LogP contribution in [0.3, 0.4) is 0 Å². The van der Waals surface area contributed by atoms with Crippen LogP contribution >= 0.6 is 11.6 Å². The first kappa shape index (κ1) is 20.5. The fourth-order valence-electron chi connectivity index (χ4n) is 2.77. The zero-order valence-electron chi connectivity index (χ0n) is 15.6. The number of unbranched alkanes of at least 4 members (excludes halogenated alkanes) is 1. The van der Waals surface area contributed by atoms with Gasteiger partial charge in [0.25, 0.3) is 0 Å². The third-order valence-electron chi connectivity index (χ3n) is 4.14. The van der Waals surface area contributed by atoms with E-state index in [1.807, 2.05) is 17.9 Å². The Bertz CT molecular complexity index is 879. The topological polar surface area (TPSA) is 95.1 Å². The molecule has 7 nitrogen and oxygen atoms in total. The molecule has 0 aliphatic heterocycles. The van der Waals surface area contributed by atoms with Gasteiger partial charge in [0.05, 0.1) is 27.3 Å². The molecule has 0 fully saturated rings. The molecule has 1 N–H and O–H groups in total. The van der Waals surface area contributed by atoms with E-state index in [1.54, 1.807) is 25.1 Å². The van der Waals surface area contributed by atoms with Crippen LogP contribution in [0.1, 0.15) is 37.9 Å². The molecule has 0 bridgehead atoms. The van der Waals surface area contributed by atoms with Crippen molar-refractivity contribution in [3.05, 3.63) is 50.7 Å². The van der Waals surface area contributed by atoms with Crippen LogP contribution in [0.25, 0.3) is 0 Å². The number of nitrogens with one attached hydrogen (secondary N) is 1. The molecule has 0 unspecified atom stereocenters. The molecule has 0 aliphatic carbocycles. The second-order valence-corrected chi connectivity index (χ2v) is 6.51. The Morgan fingerprint density at radius 3 is 2.67 bits per heavy atom. The Labute approximate surface area is 163 Å². The smallest absolute Gasteiger partial charge is 0.334 e. The first-order valence-corrected chi connectivity index (χ1v) is 9.16. The predicted octanol–water partition coefficient (Wildman–Crippen LogP) is 5.19. The lowest BCUT2D eigenvalue weighted by Gasteiger charge is -2.24. The van der Waals surface area contributed by atoms with Crippen LogP contribution in [-0.4, -0.2) is 23.0 Å². The standard InChI is InChI=1S/C19H22ClN5O2/c1-4-6-9-24(5-2)17-10-13(3)22-19(18(17)25(26)27)23-16-8-7-14(12-21)11-15(16)20/h7-8,10-11H,4-6,9H2,1-3H3,(H,22,23). The van der Waals surface area contributed by atoms with Crippen LogP contribution < -0.4 is 10.2 Å². The van der Waals surface area contributed by atoms with E-state index in [0.717, 1.165) is 19.4 Å². The number of aromatic nitrogens is 1. The van der Waals surface area contributed by atoms with Crippen LogP contribution in [0.5, 0.6) is 0 Å². The largest absolute Gasteiger partial charge is 0.366 e. The number of halogens is 1. The average Bonchev–Trinajstić information content (AvgIpc) is 2.63. The number of hydrogen-bond acceptors (Lipinski definition) is 6. The maximum Gasteiger partial charge on any atom is 0.334 e. The van der Waals surface area contributed by atoms with Crippen LogP contribution in [0, 0.1) is 28.4 Å². The highest BCUT2D eigenvalue weighted by molar-refractivity contribution is 6.33. The summed E-state index contributed by atoms with van der Waals surface area (Å²) in [5.74, 6) is 0.136. The Morgan fingerprint density at radius 1 is 1.37 bits per heavy atom. The molecule has 0 atom stereocenters.